The van der Waals surface area contributed by atoms with Crippen molar-refractivity contribution in [2.75, 3.05) is 26.3 Å². The van der Waals surface area contributed by atoms with Crippen molar-refractivity contribution in [3.63, 3.8) is 0 Å². The van der Waals surface area contributed by atoms with Gasteiger partial charge in [0, 0.05) is 25.8 Å². The fourth-order valence-electron chi connectivity index (χ4n) is 1.99. The van der Waals surface area contributed by atoms with Gasteiger partial charge in [0.2, 0.25) is 0 Å². The molecule has 0 aliphatic heterocycles. The highest BCUT2D eigenvalue weighted by molar-refractivity contribution is 5.79. The molecule has 1 aromatic rings. The molecule has 0 saturated carbocycles. The van der Waals surface area contributed by atoms with Crippen molar-refractivity contribution < 1.29 is 9.66 Å². The number of ether oxygens (including phenoxy) is 1. The zero-order valence-electron chi connectivity index (χ0n) is 14.7. The molecule has 0 aliphatic rings. The molecule has 1 aromatic carbocycles. The van der Waals surface area contributed by atoms with Crippen LogP contribution in [0.5, 0.6) is 0 Å². The van der Waals surface area contributed by atoms with Crippen molar-refractivity contribution >= 4 is 11.6 Å². The molecule has 0 aliphatic carbocycles. The van der Waals surface area contributed by atoms with Crippen LogP contribution in [0.2, 0.25) is 0 Å². The van der Waals surface area contributed by atoms with Crippen molar-refractivity contribution in [3.8, 4) is 0 Å². The van der Waals surface area contributed by atoms with E-state index in [1.807, 2.05) is 6.92 Å². The summed E-state index contributed by atoms with van der Waals surface area (Å²) in [6, 6.07) is 6.65. The van der Waals surface area contributed by atoms with Crippen LogP contribution in [0.15, 0.2) is 29.3 Å². The summed E-state index contributed by atoms with van der Waals surface area (Å²) in [6.45, 7) is 9.27. The van der Waals surface area contributed by atoms with Gasteiger partial charge in [-0.2, -0.15) is 0 Å². The Bertz CT molecular complexity index is 532. The first-order chi connectivity index (χ1) is 11.5. The lowest BCUT2D eigenvalue weighted by Crippen LogP contribution is -2.39. The van der Waals surface area contributed by atoms with Gasteiger partial charge in [0.05, 0.1) is 23.6 Å². The number of nitro groups is 1. The monoisotopic (exact) mass is 336 g/mol. The summed E-state index contributed by atoms with van der Waals surface area (Å²) in [5.74, 6) is 1.27. The standard InChI is InChI=1S/C17H28N4O3/c1-4-18-17(19-10-12-24-11-9-14(2)3)20-13-15-7-5-6-8-16(15)21(22)23/h5-8,14H,4,9-13H2,1-3H3,(H2,18,19,20). The number of guanidine groups is 1. The third kappa shape index (κ3) is 7.92. The van der Waals surface area contributed by atoms with E-state index in [-0.39, 0.29) is 17.2 Å². The van der Waals surface area contributed by atoms with E-state index in [1.54, 1.807) is 18.2 Å². The largest absolute Gasteiger partial charge is 0.380 e. The highest BCUT2D eigenvalue weighted by atomic mass is 16.6. The minimum atomic E-state index is -0.381. The molecule has 0 atom stereocenters. The van der Waals surface area contributed by atoms with Crippen molar-refractivity contribution in [3.05, 3.63) is 39.9 Å². The Labute approximate surface area is 143 Å². The molecule has 134 valence electrons. The zero-order chi connectivity index (χ0) is 17.8. The number of nitro benzene ring substituents is 1. The van der Waals surface area contributed by atoms with Crippen LogP contribution < -0.4 is 10.6 Å². The van der Waals surface area contributed by atoms with Crippen molar-refractivity contribution in [2.24, 2.45) is 10.9 Å². The van der Waals surface area contributed by atoms with E-state index >= 15 is 0 Å². The summed E-state index contributed by atoms with van der Waals surface area (Å²) in [5, 5.41) is 17.3. The Balaban J connectivity index is 2.49. The van der Waals surface area contributed by atoms with Crippen LogP contribution in [0.25, 0.3) is 0 Å². The average Bonchev–Trinajstić information content (AvgIpc) is 2.55. The molecular weight excluding hydrogens is 308 g/mol. The van der Waals surface area contributed by atoms with Gasteiger partial charge < -0.3 is 15.4 Å². The molecule has 0 fully saturated rings. The van der Waals surface area contributed by atoms with Crippen LogP contribution in [-0.2, 0) is 11.3 Å². The van der Waals surface area contributed by atoms with Gasteiger partial charge >= 0.3 is 0 Å². The molecule has 0 radical (unpaired) electrons. The number of hydrogen-bond acceptors (Lipinski definition) is 4. The van der Waals surface area contributed by atoms with Crippen LogP contribution in [0.4, 0.5) is 5.69 Å². The highest BCUT2D eigenvalue weighted by Crippen LogP contribution is 2.18. The van der Waals surface area contributed by atoms with Gasteiger partial charge in [-0.25, -0.2) is 4.99 Å². The molecular formula is C17H28N4O3. The van der Waals surface area contributed by atoms with E-state index in [1.165, 1.54) is 6.07 Å². The lowest BCUT2D eigenvalue weighted by molar-refractivity contribution is -0.385. The second-order valence-corrected chi connectivity index (χ2v) is 5.80. The van der Waals surface area contributed by atoms with Crippen molar-refractivity contribution in [1.82, 2.24) is 10.6 Å². The first kappa shape index (κ1) is 19.9. The summed E-state index contributed by atoms with van der Waals surface area (Å²) in [4.78, 5) is 15.0. The van der Waals surface area contributed by atoms with Gasteiger partial charge in [0.25, 0.3) is 5.69 Å². The smallest absolute Gasteiger partial charge is 0.274 e. The predicted molar refractivity (Wildman–Crippen MR) is 96.2 cm³/mol. The van der Waals surface area contributed by atoms with Crippen molar-refractivity contribution in [1.29, 1.82) is 0 Å². The fraction of sp³-hybridized carbons (Fsp3) is 0.588. The van der Waals surface area contributed by atoms with Crippen LogP contribution in [0, 0.1) is 16.0 Å². The average molecular weight is 336 g/mol. The van der Waals surface area contributed by atoms with E-state index in [9.17, 15) is 10.1 Å². The first-order valence-corrected chi connectivity index (χ1v) is 8.36. The van der Waals surface area contributed by atoms with Crippen molar-refractivity contribution in [2.45, 2.75) is 33.7 Å². The number of nitrogens with zero attached hydrogens (tertiary/aromatic N) is 2. The van der Waals surface area contributed by atoms with Gasteiger partial charge in [-0.05, 0) is 19.3 Å². The SMILES string of the molecule is CCNC(=NCc1ccccc1[N+](=O)[O-])NCCOCCC(C)C. The fourth-order valence-corrected chi connectivity index (χ4v) is 1.99. The Morgan fingerprint density at radius 2 is 2.04 bits per heavy atom. The number of nitrogens with one attached hydrogen (secondary N) is 2. The molecule has 7 heteroatoms. The molecule has 0 bridgehead atoms. The topological polar surface area (TPSA) is 88.8 Å². The summed E-state index contributed by atoms with van der Waals surface area (Å²) >= 11 is 0. The van der Waals surface area contributed by atoms with Gasteiger partial charge in [-0.3, -0.25) is 10.1 Å². The third-order valence-electron chi connectivity index (χ3n) is 3.32. The Hall–Kier alpha value is -2.15. The molecule has 0 unspecified atom stereocenters. The molecule has 0 heterocycles. The second kappa shape index (κ2) is 11.4. The number of rotatable bonds is 10. The quantitative estimate of drug-likeness (QED) is 0.225. The maximum atomic E-state index is 11.0. The summed E-state index contributed by atoms with van der Waals surface area (Å²) < 4.78 is 5.55. The van der Waals surface area contributed by atoms with Crippen LogP contribution in [-0.4, -0.2) is 37.2 Å². The van der Waals surface area contributed by atoms with E-state index in [0.717, 1.165) is 19.6 Å². The molecule has 0 aromatic heterocycles. The van der Waals surface area contributed by atoms with Crippen LogP contribution >= 0.6 is 0 Å². The van der Waals surface area contributed by atoms with Crippen LogP contribution in [0.1, 0.15) is 32.8 Å². The number of hydrogen-bond donors (Lipinski definition) is 2. The normalized spacial score (nSPS) is 11.6. The lowest BCUT2D eigenvalue weighted by atomic mass is 10.1. The molecule has 0 spiro atoms. The Morgan fingerprint density at radius 1 is 1.29 bits per heavy atom. The predicted octanol–water partition coefficient (Wildman–Crippen LogP) is 2.71. The zero-order valence-corrected chi connectivity index (χ0v) is 14.7. The van der Waals surface area contributed by atoms with E-state index in [0.29, 0.717) is 30.6 Å². The van der Waals surface area contributed by atoms with E-state index < -0.39 is 0 Å². The van der Waals surface area contributed by atoms with E-state index in [2.05, 4.69) is 29.5 Å². The minimum absolute atomic E-state index is 0.0918. The maximum Gasteiger partial charge on any atom is 0.274 e. The highest BCUT2D eigenvalue weighted by Gasteiger charge is 2.11. The lowest BCUT2D eigenvalue weighted by Gasteiger charge is -2.12. The number of benzene rings is 1. The Morgan fingerprint density at radius 3 is 2.71 bits per heavy atom. The van der Waals surface area contributed by atoms with Gasteiger partial charge in [0.1, 0.15) is 0 Å². The van der Waals surface area contributed by atoms with Crippen LogP contribution in [0.3, 0.4) is 0 Å². The molecule has 24 heavy (non-hydrogen) atoms. The molecule has 7 nitrogen and oxygen atoms in total. The molecule has 0 amide bonds. The summed E-state index contributed by atoms with van der Waals surface area (Å²) in [5.41, 5.74) is 0.682. The van der Waals surface area contributed by atoms with Gasteiger partial charge in [-0.15, -0.1) is 0 Å². The number of aliphatic imine (C=N–C) groups is 1. The molecule has 1 rings (SSSR count). The molecule has 2 N–H and O–H groups in total. The first-order valence-electron chi connectivity index (χ1n) is 8.36. The third-order valence-corrected chi connectivity index (χ3v) is 3.32. The number of para-hydroxylation sites is 1. The van der Waals surface area contributed by atoms with Gasteiger partial charge in [-0.1, -0.05) is 32.0 Å². The maximum absolute atomic E-state index is 11.0. The molecule has 0 saturated heterocycles. The second-order valence-electron chi connectivity index (χ2n) is 5.80. The Kier molecular flexibility index (Phi) is 9.45. The summed E-state index contributed by atoms with van der Waals surface area (Å²) in [6.07, 6.45) is 1.05. The minimum Gasteiger partial charge on any atom is -0.380 e. The van der Waals surface area contributed by atoms with Gasteiger partial charge in [0.15, 0.2) is 5.96 Å². The van der Waals surface area contributed by atoms with E-state index in [4.69, 9.17) is 4.74 Å². The summed E-state index contributed by atoms with van der Waals surface area (Å²) in [7, 11) is 0.